The average Bonchev–Trinajstić information content (AvgIpc) is 2.64. The van der Waals surface area contributed by atoms with E-state index in [2.05, 4.69) is 9.97 Å². The predicted octanol–water partition coefficient (Wildman–Crippen LogP) is 5.91. The smallest absolute Gasteiger partial charge is 0.358 e. The first-order chi connectivity index (χ1) is 13.4. The Morgan fingerprint density at radius 2 is 1.62 bits per heavy atom. The molecule has 0 aliphatic heterocycles. The molecule has 2 aromatic heterocycles. The minimum absolute atomic E-state index is 0.0852. The number of aromatic nitrogens is 2. The number of nitrogens with zero attached hydrogens (tertiary/aromatic N) is 1. The van der Waals surface area contributed by atoms with E-state index in [1.54, 1.807) is 13.8 Å². The van der Waals surface area contributed by atoms with Gasteiger partial charge in [0.25, 0.3) is 0 Å². The van der Waals surface area contributed by atoms with Gasteiger partial charge in [-0.1, -0.05) is 0 Å². The SMILES string of the molecule is Cc1[nH]c(-c2cc(C(F)(F)F)ncc2C2CCC(C(F)(F)F)CC2)cc(=O)c1C. The van der Waals surface area contributed by atoms with Crippen molar-refractivity contribution in [3.8, 4) is 11.3 Å². The van der Waals surface area contributed by atoms with Crippen molar-refractivity contribution in [1.29, 1.82) is 0 Å². The lowest BCUT2D eigenvalue weighted by Gasteiger charge is -2.31. The number of rotatable bonds is 2. The molecule has 1 N–H and O–H groups in total. The van der Waals surface area contributed by atoms with Gasteiger partial charge in [-0.2, -0.15) is 26.3 Å². The van der Waals surface area contributed by atoms with Gasteiger partial charge in [-0.3, -0.25) is 9.78 Å². The van der Waals surface area contributed by atoms with Gasteiger partial charge in [0.05, 0.1) is 5.92 Å². The Bertz CT molecular complexity index is 953. The summed E-state index contributed by atoms with van der Waals surface area (Å²) in [4.78, 5) is 18.6. The second-order valence-electron chi connectivity index (χ2n) is 7.54. The fourth-order valence-corrected chi connectivity index (χ4v) is 3.81. The van der Waals surface area contributed by atoms with Crippen LogP contribution in [0.3, 0.4) is 0 Å². The van der Waals surface area contributed by atoms with Gasteiger partial charge in [-0.05, 0) is 57.1 Å². The summed E-state index contributed by atoms with van der Waals surface area (Å²) in [5, 5.41) is 0. The van der Waals surface area contributed by atoms with Gasteiger partial charge in [0.1, 0.15) is 5.69 Å². The van der Waals surface area contributed by atoms with Crippen molar-refractivity contribution < 1.29 is 26.3 Å². The Labute approximate surface area is 163 Å². The molecule has 2 aromatic rings. The van der Waals surface area contributed by atoms with Crippen molar-refractivity contribution in [2.45, 2.75) is 57.8 Å². The Balaban J connectivity index is 2.05. The van der Waals surface area contributed by atoms with Crippen molar-refractivity contribution in [1.82, 2.24) is 9.97 Å². The molecule has 0 atom stereocenters. The van der Waals surface area contributed by atoms with E-state index in [9.17, 15) is 31.1 Å². The van der Waals surface area contributed by atoms with Gasteiger partial charge in [-0.15, -0.1) is 0 Å². The van der Waals surface area contributed by atoms with E-state index >= 15 is 0 Å². The van der Waals surface area contributed by atoms with E-state index in [1.807, 2.05) is 0 Å². The molecule has 1 saturated carbocycles. The van der Waals surface area contributed by atoms with Crippen molar-refractivity contribution in [3.63, 3.8) is 0 Å². The molecule has 3 rings (SSSR count). The van der Waals surface area contributed by atoms with Crippen LogP contribution in [0.15, 0.2) is 23.1 Å². The maximum absolute atomic E-state index is 13.2. The summed E-state index contributed by atoms with van der Waals surface area (Å²) in [5.41, 5.74) is 0.322. The highest BCUT2D eigenvalue weighted by molar-refractivity contribution is 5.65. The Morgan fingerprint density at radius 1 is 1.00 bits per heavy atom. The molecule has 0 spiro atoms. The number of hydrogen-bond acceptors (Lipinski definition) is 2. The number of nitrogens with one attached hydrogen (secondary N) is 1. The van der Waals surface area contributed by atoms with Crippen LogP contribution >= 0.6 is 0 Å². The van der Waals surface area contributed by atoms with Gasteiger partial charge in [0.15, 0.2) is 5.43 Å². The van der Waals surface area contributed by atoms with Crippen molar-refractivity contribution in [2.24, 2.45) is 5.92 Å². The zero-order valence-corrected chi connectivity index (χ0v) is 15.8. The minimum Gasteiger partial charge on any atom is -0.358 e. The molecule has 0 aromatic carbocycles. The monoisotopic (exact) mass is 418 g/mol. The van der Waals surface area contributed by atoms with Crippen LogP contribution in [0.1, 0.15) is 54.1 Å². The predicted molar refractivity (Wildman–Crippen MR) is 95.5 cm³/mol. The molecule has 9 heteroatoms. The van der Waals surface area contributed by atoms with E-state index in [1.165, 1.54) is 6.07 Å². The van der Waals surface area contributed by atoms with Crippen LogP contribution in [-0.2, 0) is 6.18 Å². The summed E-state index contributed by atoms with van der Waals surface area (Å²) in [6.45, 7) is 3.24. The van der Waals surface area contributed by atoms with Gasteiger partial charge in [0, 0.05) is 34.8 Å². The molecule has 1 aliphatic carbocycles. The molecule has 0 radical (unpaired) electrons. The van der Waals surface area contributed by atoms with Crippen LogP contribution < -0.4 is 5.43 Å². The number of aromatic amines is 1. The molecule has 0 amide bonds. The first-order valence-corrected chi connectivity index (χ1v) is 9.22. The standard InChI is InChI=1S/C20H20F6N2O/c1-10-11(2)28-16(8-17(10)29)14-7-18(20(24,25)26)27-9-15(14)12-3-5-13(6-4-12)19(21,22)23/h7-9,12-13H,3-6H2,1-2H3,(H,28,29). The number of H-pyrrole nitrogens is 1. The topological polar surface area (TPSA) is 45.8 Å². The van der Waals surface area contributed by atoms with Crippen LogP contribution in [0, 0.1) is 19.8 Å². The van der Waals surface area contributed by atoms with Crippen molar-refractivity contribution in [2.75, 3.05) is 0 Å². The zero-order chi connectivity index (χ0) is 21.6. The zero-order valence-electron chi connectivity index (χ0n) is 15.8. The van der Waals surface area contributed by atoms with E-state index in [0.29, 0.717) is 16.8 Å². The summed E-state index contributed by atoms with van der Waals surface area (Å²) in [7, 11) is 0. The van der Waals surface area contributed by atoms with Crippen molar-refractivity contribution >= 4 is 0 Å². The Hall–Kier alpha value is -2.32. The second kappa shape index (κ2) is 7.50. The number of hydrogen-bond donors (Lipinski definition) is 1. The third-order valence-electron chi connectivity index (χ3n) is 5.68. The molecule has 29 heavy (non-hydrogen) atoms. The first kappa shape index (κ1) is 21.4. The molecule has 1 fully saturated rings. The molecule has 3 nitrogen and oxygen atoms in total. The van der Waals surface area contributed by atoms with Crippen molar-refractivity contribution in [3.05, 3.63) is 51.1 Å². The number of aryl methyl sites for hydroxylation is 1. The van der Waals surface area contributed by atoms with E-state index < -0.39 is 24.0 Å². The van der Waals surface area contributed by atoms with Gasteiger partial charge >= 0.3 is 12.4 Å². The fourth-order valence-electron chi connectivity index (χ4n) is 3.81. The number of pyridine rings is 2. The average molecular weight is 418 g/mol. The number of alkyl halides is 6. The van der Waals surface area contributed by atoms with Crippen LogP contribution in [0.2, 0.25) is 0 Å². The molecule has 2 heterocycles. The summed E-state index contributed by atoms with van der Waals surface area (Å²) >= 11 is 0. The first-order valence-electron chi connectivity index (χ1n) is 9.22. The maximum atomic E-state index is 13.2. The fraction of sp³-hybridized carbons (Fsp3) is 0.500. The van der Waals surface area contributed by atoms with Gasteiger partial charge in [0.2, 0.25) is 0 Å². The number of halogens is 6. The highest BCUT2D eigenvalue weighted by Gasteiger charge is 2.42. The van der Waals surface area contributed by atoms with Gasteiger partial charge < -0.3 is 4.98 Å². The van der Waals surface area contributed by atoms with E-state index in [4.69, 9.17) is 0 Å². The largest absolute Gasteiger partial charge is 0.433 e. The Kier molecular flexibility index (Phi) is 5.53. The molecular weight excluding hydrogens is 398 g/mol. The lowest BCUT2D eigenvalue weighted by molar-refractivity contribution is -0.182. The minimum atomic E-state index is -4.68. The summed E-state index contributed by atoms with van der Waals surface area (Å²) in [6, 6.07) is 2.09. The van der Waals surface area contributed by atoms with Gasteiger partial charge in [-0.25, -0.2) is 0 Å². The molecule has 0 saturated heterocycles. The quantitative estimate of drug-likeness (QED) is 0.617. The molecule has 0 bridgehead atoms. The highest BCUT2D eigenvalue weighted by Crippen LogP contribution is 2.45. The van der Waals surface area contributed by atoms with Crippen LogP contribution in [0.5, 0.6) is 0 Å². The molecule has 1 aliphatic rings. The van der Waals surface area contributed by atoms with E-state index in [-0.39, 0.29) is 48.3 Å². The highest BCUT2D eigenvalue weighted by atomic mass is 19.4. The second-order valence-corrected chi connectivity index (χ2v) is 7.54. The van der Waals surface area contributed by atoms with Crippen LogP contribution in [-0.4, -0.2) is 16.1 Å². The summed E-state index contributed by atoms with van der Waals surface area (Å²) in [5.74, 6) is -1.76. The summed E-state index contributed by atoms with van der Waals surface area (Å²) < 4.78 is 78.5. The van der Waals surface area contributed by atoms with E-state index in [0.717, 1.165) is 12.3 Å². The maximum Gasteiger partial charge on any atom is 0.433 e. The molecule has 0 unspecified atom stereocenters. The third kappa shape index (κ3) is 4.48. The molecular formula is C20H20F6N2O. The normalized spacial score (nSPS) is 20.7. The van der Waals surface area contributed by atoms with Crippen LogP contribution in [0.25, 0.3) is 11.3 Å². The summed E-state index contributed by atoms with van der Waals surface area (Å²) in [6.07, 6.45) is -7.65. The third-order valence-corrected chi connectivity index (χ3v) is 5.68. The Morgan fingerprint density at radius 3 is 2.14 bits per heavy atom. The molecule has 158 valence electrons. The lowest BCUT2D eigenvalue weighted by atomic mass is 9.77. The lowest BCUT2D eigenvalue weighted by Crippen LogP contribution is -2.27. The van der Waals surface area contributed by atoms with Crippen LogP contribution in [0.4, 0.5) is 26.3 Å².